The van der Waals surface area contributed by atoms with Crippen molar-refractivity contribution in [2.45, 2.75) is 0 Å². The van der Waals surface area contributed by atoms with E-state index in [1.165, 1.54) is 14.2 Å². The summed E-state index contributed by atoms with van der Waals surface area (Å²) in [7, 11) is 3.01. The van der Waals surface area contributed by atoms with Crippen LogP contribution in [-0.4, -0.2) is 37.6 Å². The number of amides is 2. The summed E-state index contributed by atoms with van der Waals surface area (Å²) in [4.78, 5) is 28.2. The maximum absolute atomic E-state index is 12.3. The highest BCUT2D eigenvalue weighted by atomic mass is 32.1. The van der Waals surface area contributed by atoms with E-state index >= 15 is 0 Å². The number of nitrogens with one attached hydrogen (secondary N) is 2. The second-order valence-corrected chi connectivity index (χ2v) is 5.45. The summed E-state index contributed by atoms with van der Waals surface area (Å²) >= 11 is 1.16. The molecule has 2 rings (SSSR count). The highest BCUT2D eigenvalue weighted by Crippen LogP contribution is 2.24. The molecule has 2 N–H and O–H groups in total. The van der Waals surface area contributed by atoms with Crippen LogP contribution in [0.15, 0.2) is 36.2 Å². The van der Waals surface area contributed by atoms with E-state index in [0.29, 0.717) is 28.7 Å². The highest BCUT2D eigenvalue weighted by molar-refractivity contribution is 7.14. The Bertz CT molecular complexity index is 735. The Morgan fingerprint density at radius 2 is 1.88 bits per heavy atom. The third-order valence-electron chi connectivity index (χ3n) is 2.98. The number of carbonyl (C=O) groups excluding carboxylic acids is 2. The zero-order valence-electron chi connectivity index (χ0n) is 13.3. The standard InChI is InChI=1S/C16H17N3O4S/c1-4-5-17-15(21)13-9-24-16(18-13)19-14(20)10-6-11(22-2)8-12(7-10)23-3/h4,6-9H,1,5H2,2-3H3,(H,17,21)(H,18,19,20). The zero-order valence-corrected chi connectivity index (χ0v) is 14.1. The molecule has 2 amide bonds. The molecule has 1 heterocycles. The zero-order chi connectivity index (χ0) is 17.5. The van der Waals surface area contributed by atoms with E-state index in [-0.39, 0.29) is 17.5 Å². The summed E-state index contributed by atoms with van der Waals surface area (Å²) in [6.45, 7) is 3.87. The quantitative estimate of drug-likeness (QED) is 0.750. The number of thiazole rings is 1. The Labute approximate surface area is 143 Å². The molecular formula is C16H17N3O4S. The number of aromatic nitrogens is 1. The first kappa shape index (κ1) is 17.5. The van der Waals surface area contributed by atoms with Crippen molar-refractivity contribution >= 4 is 28.3 Å². The number of nitrogens with zero attached hydrogens (tertiary/aromatic N) is 1. The summed E-state index contributed by atoms with van der Waals surface area (Å²) in [5, 5.41) is 7.16. The van der Waals surface area contributed by atoms with Crippen molar-refractivity contribution in [2.75, 3.05) is 26.1 Å². The number of anilines is 1. The summed E-state index contributed by atoms with van der Waals surface area (Å²) in [5.74, 6) is 0.306. The fraction of sp³-hybridized carbons (Fsp3) is 0.188. The SMILES string of the molecule is C=CCNC(=O)c1csc(NC(=O)c2cc(OC)cc(OC)c2)n1. The number of rotatable bonds is 7. The van der Waals surface area contributed by atoms with Crippen molar-refractivity contribution in [1.82, 2.24) is 10.3 Å². The first-order valence-electron chi connectivity index (χ1n) is 6.96. The minimum absolute atomic E-state index is 0.236. The fourth-order valence-corrected chi connectivity index (χ4v) is 2.48. The van der Waals surface area contributed by atoms with Gasteiger partial charge in [0.15, 0.2) is 5.13 Å². The largest absolute Gasteiger partial charge is 0.497 e. The Kier molecular flexibility index (Phi) is 5.91. The summed E-state index contributed by atoms with van der Waals surface area (Å²) in [6, 6.07) is 4.84. The van der Waals surface area contributed by atoms with Crippen LogP contribution < -0.4 is 20.1 Å². The molecule has 0 radical (unpaired) electrons. The second-order valence-electron chi connectivity index (χ2n) is 4.59. The van der Waals surface area contributed by atoms with Crippen molar-refractivity contribution in [3.05, 3.63) is 47.5 Å². The number of benzene rings is 1. The van der Waals surface area contributed by atoms with E-state index in [1.54, 1.807) is 29.7 Å². The third-order valence-corrected chi connectivity index (χ3v) is 3.74. The maximum Gasteiger partial charge on any atom is 0.271 e. The van der Waals surface area contributed by atoms with Gasteiger partial charge < -0.3 is 14.8 Å². The van der Waals surface area contributed by atoms with E-state index in [1.807, 2.05) is 0 Å². The van der Waals surface area contributed by atoms with Crippen molar-refractivity contribution in [3.8, 4) is 11.5 Å². The summed E-state index contributed by atoms with van der Waals surface area (Å²) in [6.07, 6.45) is 1.57. The van der Waals surface area contributed by atoms with Gasteiger partial charge in [-0.15, -0.1) is 17.9 Å². The van der Waals surface area contributed by atoms with E-state index in [2.05, 4.69) is 22.2 Å². The van der Waals surface area contributed by atoms with Crippen LogP contribution in [0.25, 0.3) is 0 Å². The molecule has 7 nitrogen and oxygen atoms in total. The van der Waals surface area contributed by atoms with Crippen LogP contribution in [0.3, 0.4) is 0 Å². The molecule has 0 saturated heterocycles. The van der Waals surface area contributed by atoms with Gasteiger partial charge in [0, 0.05) is 23.6 Å². The molecule has 0 saturated carbocycles. The van der Waals surface area contributed by atoms with Gasteiger partial charge >= 0.3 is 0 Å². The third kappa shape index (κ3) is 4.32. The lowest BCUT2D eigenvalue weighted by Gasteiger charge is -2.08. The lowest BCUT2D eigenvalue weighted by molar-refractivity contribution is 0.0952. The van der Waals surface area contributed by atoms with Crippen LogP contribution >= 0.6 is 11.3 Å². The van der Waals surface area contributed by atoms with Gasteiger partial charge in [-0.05, 0) is 12.1 Å². The summed E-state index contributed by atoms with van der Waals surface area (Å²) in [5.41, 5.74) is 0.597. The molecule has 0 aliphatic carbocycles. The van der Waals surface area contributed by atoms with Crippen molar-refractivity contribution < 1.29 is 19.1 Å². The molecule has 126 valence electrons. The van der Waals surface area contributed by atoms with Gasteiger partial charge in [0.25, 0.3) is 11.8 Å². The van der Waals surface area contributed by atoms with Gasteiger partial charge in [-0.2, -0.15) is 0 Å². The van der Waals surface area contributed by atoms with Crippen LogP contribution in [0.4, 0.5) is 5.13 Å². The Morgan fingerprint density at radius 1 is 1.21 bits per heavy atom. The minimum atomic E-state index is -0.375. The van der Waals surface area contributed by atoms with Crippen molar-refractivity contribution in [1.29, 1.82) is 0 Å². The molecule has 0 aliphatic rings. The lowest BCUT2D eigenvalue weighted by atomic mass is 10.2. The van der Waals surface area contributed by atoms with E-state index in [4.69, 9.17) is 9.47 Å². The van der Waals surface area contributed by atoms with Gasteiger partial charge in [0.2, 0.25) is 0 Å². The minimum Gasteiger partial charge on any atom is -0.497 e. The van der Waals surface area contributed by atoms with Gasteiger partial charge in [-0.3, -0.25) is 14.9 Å². The van der Waals surface area contributed by atoms with Gasteiger partial charge in [0.05, 0.1) is 14.2 Å². The van der Waals surface area contributed by atoms with Gasteiger partial charge in [0.1, 0.15) is 17.2 Å². The normalized spacial score (nSPS) is 9.92. The number of ether oxygens (including phenoxy) is 2. The molecule has 0 aliphatic heterocycles. The molecule has 0 fully saturated rings. The average molecular weight is 347 g/mol. The van der Waals surface area contributed by atoms with E-state index in [9.17, 15) is 9.59 Å². The van der Waals surface area contributed by atoms with Crippen LogP contribution in [0.2, 0.25) is 0 Å². The smallest absolute Gasteiger partial charge is 0.271 e. The van der Waals surface area contributed by atoms with Crippen molar-refractivity contribution in [3.63, 3.8) is 0 Å². The number of carbonyl (C=O) groups is 2. The topological polar surface area (TPSA) is 89.6 Å². The number of hydrogen-bond donors (Lipinski definition) is 2. The summed E-state index contributed by atoms with van der Waals surface area (Å²) < 4.78 is 10.3. The average Bonchev–Trinajstić information content (AvgIpc) is 3.07. The molecule has 1 aromatic heterocycles. The molecular weight excluding hydrogens is 330 g/mol. The second kappa shape index (κ2) is 8.11. The van der Waals surface area contributed by atoms with Gasteiger partial charge in [-0.25, -0.2) is 4.98 Å². The molecule has 2 aromatic rings. The molecule has 8 heteroatoms. The van der Waals surface area contributed by atoms with Gasteiger partial charge in [-0.1, -0.05) is 6.08 Å². The molecule has 0 bridgehead atoms. The molecule has 0 unspecified atom stereocenters. The van der Waals surface area contributed by atoms with Crippen LogP contribution in [-0.2, 0) is 0 Å². The predicted molar refractivity (Wildman–Crippen MR) is 92.1 cm³/mol. The van der Waals surface area contributed by atoms with Crippen LogP contribution in [0, 0.1) is 0 Å². The van der Waals surface area contributed by atoms with Crippen molar-refractivity contribution in [2.24, 2.45) is 0 Å². The molecule has 0 atom stereocenters. The molecule has 0 spiro atoms. The predicted octanol–water partition coefficient (Wildman–Crippen LogP) is 2.33. The number of hydrogen-bond acceptors (Lipinski definition) is 6. The Hall–Kier alpha value is -2.87. The van der Waals surface area contributed by atoms with Crippen LogP contribution in [0.5, 0.6) is 11.5 Å². The van der Waals surface area contributed by atoms with Crippen LogP contribution in [0.1, 0.15) is 20.8 Å². The fourth-order valence-electron chi connectivity index (χ4n) is 1.80. The number of methoxy groups -OCH3 is 2. The maximum atomic E-state index is 12.3. The first-order chi connectivity index (χ1) is 11.6. The monoisotopic (exact) mass is 347 g/mol. The Balaban J connectivity index is 2.11. The first-order valence-corrected chi connectivity index (χ1v) is 7.84. The van der Waals surface area contributed by atoms with E-state index < -0.39 is 0 Å². The highest BCUT2D eigenvalue weighted by Gasteiger charge is 2.14. The lowest BCUT2D eigenvalue weighted by Crippen LogP contribution is -2.23. The molecule has 24 heavy (non-hydrogen) atoms. The Morgan fingerprint density at radius 3 is 2.46 bits per heavy atom. The molecule has 1 aromatic carbocycles. The van der Waals surface area contributed by atoms with E-state index in [0.717, 1.165) is 11.3 Å².